The fourth-order valence-electron chi connectivity index (χ4n) is 2.21. The second kappa shape index (κ2) is 7.11. The van der Waals surface area contributed by atoms with Crippen molar-refractivity contribution in [3.63, 3.8) is 0 Å². The van der Waals surface area contributed by atoms with Gasteiger partial charge in [0.2, 0.25) is 0 Å². The van der Waals surface area contributed by atoms with Crippen molar-refractivity contribution >= 4 is 27.5 Å². The zero-order valence-electron chi connectivity index (χ0n) is 11.5. The quantitative estimate of drug-likeness (QED) is 0.832. The first-order chi connectivity index (χ1) is 9.67. The maximum atomic E-state index is 6.21. The number of ether oxygens (including phenoxy) is 1. The minimum atomic E-state index is 0.0572. The normalized spacial score (nSPS) is 12.2. The molecule has 1 N–H and O–H groups in total. The standard InChI is InChI=1S/C16H17BrClNO/c1-3-19-16(11-8-9-13(17)14(18)10-11)12-6-4-5-7-15(12)20-2/h4-10,16,19H,3H2,1-2H3. The van der Waals surface area contributed by atoms with Gasteiger partial charge in [0.25, 0.3) is 0 Å². The molecule has 0 aliphatic heterocycles. The molecule has 0 fully saturated rings. The van der Waals surface area contributed by atoms with E-state index >= 15 is 0 Å². The van der Waals surface area contributed by atoms with E-state index in [0.717, 1.165) is 27.9 Å². The maximum absolute atomic E-state index is 6.21. The molecule has 0 radical (unpaired) electrons. The van der Waals surface area contributed by atoms with Crippen molar-refractivity contribution in [1.82, 2.24) is 5.32 Å². The van der Waals surface area contributed by atoms with Crippen LogP contribution in [0.25, 0.3) is 0 Å². The lowest BCUT2D eigenvalue weighted by Crippen LogP contribution is -2.22. The fraction of sp³-hybridized carbons (Fsp3) is 0.250. The molecule has 0 saturated carbocycles. The molecule has 2 nitrogen and oxygen atoms in total. The van der Waals surface area contributed by atoms with Gasteiger partial charge >= 0.3 is 0 Å². The Balaban J connectivity index is 2.47. The largest absolute Gasteiger partial charge is 0.496 e. The van der Waals surface area contributed by atoms with Gasteiger partial charge in [-0.05, 0) is 46.2 Å². The number of methoxy groups -OCH3 is 1. The van der Waals surface area contributed by atoms with Crippen LogP contribution in [0.2, 0.25) is 5.02 Å². The maximum Gasteiger partial charge on any atom is 0.123 e. The highest BCUT2D eigenvalue weighted by Gasteiger charge is 2.17. The summed E-state index contributed by atoms with van der Waals surface area (Å²) in [5.74, 6) is 0.873. The van der Waals surface area contributed by atoms with E-state index in [1.165, 1.54) is 0 Å². The minimum absolute atomic E-state index is 0.0572. The van der Waals surface area contributed by atoms with Gasteiger partial charge in [-0.3, -0.25) is 0 Å². The molecule has 2 aromatic carbocycles. The Kier molecular flexibility index (Phi) is 5.46. The van der Waals surface area contributed by atoms with Crippen LogP contribution in [0.1, 0.15) is 24.1 Å². The van der Waals surface area contributed by atoms with Crippen LogP contribution in [-0.4, -0.2) is 13.7 Å². The molecule has 1 unspecified atom stereocenters. The first-order valence-electron chi connectivity index (χ1n) is 6.48. The highest BCUT2D eigenvalue weighted by Crippen LogP contribution is 2.33. The SMILES string of the molecule is CCNC(c1ccc(Br)c(Cl)c1)c1ccccc1OC. The third kappa shape index (κ3) is 3.35. The average Bonchev–Trinajstić information content (AvgIpc) is 2.48. The number of hydrogen-bond donors (Lipinski definition) is 1. The Morgan fingerprint density at radius 3 is 2.65 bits per heavy atom. The zero-order valence-corrected chi connectivity index (χ0v) is 13.8. The van der Waals surface area contributed by atoms with Gasteiger partial charge in [0.1, 0.15) is 5.75 Å². The Morgan fingerprint density at radius 1 is 1.25 bits per heavy atom. The van der Waals surface area contributed by atoms with Gasteiger partial charge in [0, 0.05) is 10.0 Å². The van der Waals surface area contributed by atoms with Gasteiger partial charge in [-0.15, -0.1) is 0 Å². The number of hydrogen-bond acceptors (Lipinski definition) is 2. The third-order valence-corrected chi connectivity index (χ3v) is 4.37. The fourth-order valence-corrected chi connectivity index (χ4v) is 2.64. The Morgan fingerprint density at radius 2 is 2.00 bits per heavy atom. The van der Waals surface area contributed by atoms with E-state index in [0.29, 0.717) is 5.02 Å². The molecule has 4 heteroatoms. The molecule has 0 amide bonds. The lowest BCUT2D eigenvalue weighted by atomic mass is 9.98. The first-order valence-corrected chi connectivity index (χ1v) is 7.65. The summed E-state index contributed by atoms with van der Waals surface area (Å²) in [5, 5.41) is 4.19. The molecule has 106 valence electrons. The van der Waals surface area contributed by atoms with Crippen LogP contribution in [0.5, 0.6) is 5.75 Å². The third-order valence-electron chi connectivity index (χ3n) is 3.14. The van der Waals surface area contributed by atoms with Crippen LogP contribution >= 0.6 is 27.5 Å². The predicted molar refractivity (Wildman–Crippen MR) is 87.7 cm³/mol. The van der Waals surface area contributed by atoms with E-state index in [4.69, 9.17) is 16.3 Å². The molecule has 0 spiro atoms. The van der Waals surface area contributed by atoms with Crippen LogP contribution in [0.4, 0.5) is 0 Å². The van der Waals surface area contributed by atoms with Crippen molar-refractivity contribution in [2.75, 3.05) is 13.7 Å². The molecule has 0 aliphatic carbocycles. The summed E-state index contributed by atoms with van der Waals surface area (Å²) in [6.45, 7) is 2.94. The van der Waals surface area contributed by atoms with E-state index in [2.05, 4.69) is 40.3 Å². The lowest BCUT2D eigenvalue weighted by Gasteiger charge is -2.21. The predicted octanol–water partition coefficient (Wildman–Crippen LogP) is 4.81. The average molecular weight is 355 g/mol. The molecule has 2 aromatic rings. The summed E-state index contributed by atoms with van der Waals surface area (Å²) in [6.07, 6.45) is 0. The second-order valence-corrected chi connectivity index (χ2v) is 5.67. The molecule has 0 aliphatic rings. The number of halogens is 2. The number of nitrogens with one attached hydrogen (secondary N) is 1. The molecule has 0 heterocycles. The molecule has 0 saturated heterocycles. The molecule has 0 aromatic heterocycles. The van der Waals surface area contributed by atoms with Crippen LogP contribution in [-0.2, 0) is 0 Å². The topological polar surface area (TPSA) is 21.3 Å². The number of benzene rings is 2. The summed E-state index contributed by atoms with van der Waals surface area (Å²) >= 11 is 9.64. The van der Waals surface area contributed by atoms with Gasteiger partial charge in [0.15, 0.2) is 0 Å². The number of rotatable bonds is 5. The van der Waals surface area contributed by atoms with E-state index in [1.54, 1.807) is 7.11 Å². The second-order valence-electron chi connectivity index (χ2n) is 4.41. The Hall–Kier alpha value is -1.03. The van der Waals surface area contributed by atoms with Crippen molar-refractivity contribution in [3.8, 4) is 5.75 Å². The molecule has 1 atom stereocenters. The number of para-hydroxylation sites is 1. The van der Waals surface area contributed by atoms with Gasteiger partial charge in [-0.1, -0.05) is 42.8 Å². The van der Waals surface area contributed by atoms with Crippen LogP contribution in [0.15, 0.2) is 46.9 Å². The molecular formula is C16H17BrClNO. The van der Waals surface area contributed by atoms with E-state index in [-0.39, 0.29) is 6.04 Å². The van der Waals surface area contributed by atoms with Gasteiger partial charge in [0.05, 0.1) is 18.2 Å². The van der Waals surface area contributed by atoms with Gasteiger partial charge < -0.3 is 10.1 Å². The highest BCUT2D eigenvalue weighted by atomic mass is 79.9. The zero-order chi connectivity index (χ0) is 14.5. The van der Waals surface area contributed by atoms with E-state index < -0.39 is 0 Å². The van der Waals surface area contributed by atoms with E-state index in [9.17, 15) is 0 Å². The Bertz CT molecular complexity index is 588. The summed E-state index contributed by atoms with van der Waals surface area (Å²) < 4.78 is 6.37. The monoisotopic (exact) mass is 353 g/mol. The van der Waals surface area contributed by atoms with E-state index in [1.807, 2.05) is 30.3 Å². The van der Waals surface area contributed by atoms with Gasteiger partial charge in [-0.2, -0.15) is 0 Å². The summed E-state index contributed by atoms with van der Waals surface area (Å²) in [7, 11) is 1.69. The summed E-state index contributed by atoms with van der Waals surface area (Å²) in [5.41, 5.74) is 2.22. The summed E-state index contributed by atoms with van der Waals surface area (Å²) in [6, 6.07) is 14.1. The minimum Gasteiger partial charge on any atom is -0.496 e. The van der Waals surface area contributed by atoms with Crippen LogP contribution < -0.4 is 10.1 Å². The lowest BCUT2D eigenvalue weighted by molar-refractivity contribution is 0.404. The van der Waals surface area contributed by atoms with Crippen molar-refractivity contribution < 1.29 is 4.74 Å². The molecule has 0 bridgehead atoms. The van der Waals surface area contributed by atoms with Crippen LogP contribution in [0.3, 0.4) is 0 Å². The molecule has 2 rings (SSSR count). The Labute approximate surface area is 133 Å². The van der Waals surface area contributed by atoms with Crippen molar-refractivity contribution in [1.29, 1.82) is 0 Å². The molecular weight excluding hydrogens is 338 g/mol. The van der Waals surface area contributed by atoms with Crippen LogP contribution in [0, 0.1) is 0 Å². The van der Waals surface area contributed by atoms with Crippen molar-refractivity contribution in [2.45, 2.75) is 13.0 Å². The smallest absolute Gasteiger partial charge is 0.123 e. The molecule has 20 heavy (non-hydrogen) atoms. The first kappa shape index (κ1) is 15.4. The van der Waals surface area contributed by atoms with Crippen molar-refractivity contribution in [3.05, 3.63) is 63.1 Å². The van der Waals surface area contributed by atoms with Gasteiger partial charge in [-0.25, -0.2) is 0 Å². The van der Waals surface area contributed by atoms with Crippen molar-refractivity contribution in [2.24, 2.45) is 0 Å². The summed E-state index contributed by atoms with van der Waals surface area (Å²) in [4.78, 5) is 0. The highest BCUT2D eigenvalue weighted by molar-refractivity contribution is 9.10.